The van der Waals surface area contributed by atoms with E-state index >= 15 is 0 Å². The molecule has 1 saturated carbocycles. The van der Waals surface area contributed by atoms with E-state index < -0.39 is 16.9 Å². The highest BCUT2D eigenvalue weighted by Crippen LogP contribution is 2.23. The highest BCUT2D eigenvalue weighted by molar-refractivity contribution is 5.80. The summed E-state index contributed by atoms with van der Waals surface area (Å²) in [6.07, 6.45) is 6.43. The van der Waals surface area contributed by atoms with Crippen LogP contribution in [0.3, 0.4) is 0 Å². The number of carbonyl (C=O) groups excluding carboxylic acids is 1. The number of hydroxylamine groups is 1. The van der Waals surface area contributed by atoms with Crippen LogP contribution >= 0.6 is 0 Å². The van der Waals surface area contributed by atoms with Crippen LogP contribution in [0.15, 0.2) is 24.3 Å². The zero-order chi connectivity index (χ0) is 16.7. The monoisotopic (exact) mass is 321 g/mol. The second-order valence-corrected chi connectivity index (χ2v) is 6.07. The third kappa shape index (κ3) is 5.30. The Morgan fingerprint density at radius 1 is 1.26 bits per heavy atom. The number of hydrogen-bond acceptors (Lipinski definition) is 5. The van der Waals surface area contributed by atoms with Gasteiger partial charge in [0.25, 0.3) is 11.6 Å². The van der Waals surface area contributed by atoms with E-state index in [4.69, 9.17) is 5.21 Å². The van der Waals surface area contributed by atoms with Crippen molar-refractivity contribution in [3.63, 3.8) is 0 Å². The van der Waals surface area contributed by atoms with Gasteiger partial charge in [-0.2, -0.15) is 0 Å². The molecule has 0 spiro atoms. The number of amides is 1. The zero-order valence-electron chi connectivity index (χ0n) is 13.0. The topological polar surface area (TPSA) is 104 Å². The van der Waals surface area contributed by atoms with Crippen molar-refractivity contribution in [3.8, 4) is 0 Å². The van der Waals surface area contributed by atoms with Crippen molar-refractivity contribution >= 4 is 11.6 Å². The van der Waals surface area contributed by atoms with Gasteiger partial charge in [-0.25, -0.2) is 5.48 Å². The van der Waals surface area contributed by atoms with Crippen LogP contribution in [-0.2, 0) is 11.2 Å². The molecule has 3 N–H and O–H groups in total. The van der Waals surface area contributed by atoms with E-state index in [0.717, 1.165) is 24.9 Å². The van der Waals surface area contributed by atoms with E-state index in [1.165, 1.54) is 31.4 Å². The van der Waals surface area contributed by atoms with Crippen LogP contribution in [0.1, 0.15) is 37.7 Å². The highest BCUT2D eigenvalue weighted by atomic mass is 16.6. The molecule has 1 atom stereocenters. The number of non-ortho nitro benzene ring substituents is 1. The maximum absolute atomic E-state index is 11.8. The Morgan fingerprint density at radius 2 is 1.91 bits per heavy atom. The zero-order valence-corrected chi connectivity index (χ0v) is 13.0. The van der Waals surface area contributed by atoms with E-state index in [1.807, 2.05) is 0 Å². The molecule has 126 valence electrons. The van der Waals surface area contributed by atoms with Gasteiger partial charge in [-0.1, -0.05) is 31.4 Å². The van der Waals surface area contributed by atoms with Crippen LogP contribution < -0.4 is 10.8 Å². The van der Waals surface area contributed by atoms with E-state index in [0.29, 0.717) is 12.3 Å². The van der Waals surface area contributed by atoms with Crippen molar-refractivity contribution in [1.82, 2.24) is 10.8 Å². The fourth-order valence-electron chi connectivity index (χ4n) is 3.03. The molecule has 7 heteroatoms. The van der Waals surface area contributed by atoms with Gasteiger partial charge in [-0.3, -0.25) is 20.1 Å². The van der Waals surface area contributed by atoms with Gasteiger partial charge in [-0.15, -0.1) is 0 Å². The lowest BCUT2D eigenvalue weighted by Crippen LogP contribution is -2.46. The third-order valence-corrected chi connectivity index (χ3v) is 4.39. The number of hydrogen-bond donors (Lipinski definition) is 3. The van der Waals surface area contributed by atoms with Gasteiger partial charge >= 0.3 is 0 Å². The number of benzene rings is 1. The molecule has 1 aromatic rings. The van der Waals surface area contributed by atoms with Gasteiger partial charge < -0.3 is 5.32 Å². The number of rotatable bonds is 7. The lowest BCUT2D eigenvalue weighted by molar-refractivity contribution is -0.384. The molecule has 7 nitrogen and oxygen atoms in total. The van der Waals surface area contributed by atoms with Crippen molar-refractivity contribution in [1.29, 1.82) is 0 Å². The van der Waals surface area contributed by atoms with Crippen LogP contribution in [0.5, 0.6) is 0 Å². The van der Waals surface area contributed by atoms with Crippen LogP contribution in [-0.4, -0.2) is 28.6 Å². The quantitative estimate of drug-likeness (QED) is 0.405. The summed E-state index contributed by atoms with van der Waals surface area (Å²) >= 11 is 0. The van der Waals surface area contributed by atoms with Gasteiger partial charge in [0.1, 0.15) is 0 Å². The van der Waals surface area contributed by atoms with Crippen molar-refractivity contribution in [2.45, 2.75) is 44.6 Å². The average Bonchev–Trinajstić information content (AvgIpc) is 2.59. The number of nitrogens with one attached hydrogen (secondary N) is 2. The van der Waals surface area contributed by atoms with Gasteiger partial charge in [0.15, 0.2) is 0 Å². The molecule has 0 saturated heterocycles. The smallest absolute Gasteiger partial charge is 0.269 e. The molecule has 0 radical (unpaired) electrons. The summed E-state index contributed by atoms with van der Waals surface area (Å²) in [5, 5.41) is 22.8. The lowest BCUT2D eigenvalue weighted by Gasteiger charge is -2.24. The Morgan fingerprint density at radius 3 is 2.48 bits per heavy atom. The van der Waals surface area contributed by atoms with Gasteiger partial charge in [0.05, 0.1) is 11.0 Å². The Labute approximate surface area is 135 Å². The van der Waals surface area contributed by atoms with Crippen LogP contribution in [0.25, 0.3) is 0 Å². The first-order valence-corrected chi connectivity index (χ1v) is 8.01. The van der Waals surface area contributed by atoms with Crippen LogP contribution in [0.4, 0.5) is 5.69 Å². The number of nitrogens with zero attached hydrogens (tertiary/aromatic N) is 1. The predicted octanol–water partition coefficient (Wildman–Crippen LogP) is 2.18. The largest absolute Gasteiger partial charge is 0.305 e. The van der Waals surface area contributed by atoms with E-state index in [-0.39, 0.29) is 5.69 Å². The molecule has 0 bridgehead atoms. The molecule has 1 fully saturated rings. The molecule has 23 heavy (non-hydrogen) atoms. The molecule has 1 aliphatic carbocycles. The number of nitro benzene ring substituents is 1. The maximum atomic E-state index is 11.8. The standard InChI is InChI=1S/C16H23N3O4/c20-16(18-21)15(17-11-13-4-2-1-3-5-13)10-12-6-8-14(9-7-12)19(22)23/h6-9,13,15,17,21H,1-5,10-11H2,(H,18,20). The molecule has 1 amide bonds. The normalized spacial score (nSPS) is 16.7. The van der Waals surface area contributed by atoms with Crippen molar-refractivity contribution in [3.05, 3.63) is 39.9 Å². The third-order valence-electron chi connectivity index (χ3n) is 4.39. The molecular formula is C16H23N3O4. The summed E-state index contributed by atoms with van der Waals surface area (Å²) in [5.41, 5.74) is 2.52. The first kappa shape index (κ1) is 17.4. The maximum Gasteiger partial charge on any atom is 0.269 e. The summed E-state index contributed by atoms with van der Waals surface area (Å²) in [6.45, 7) is 0.741. The lowest BCUT2D eigenvalue weighted by atomic mass is 9.89. The minimum atomic E-state index is -0.552. The molecule has 2 rings (SSSR count). The first-order chi connectivity index (χ1) is 11.1. The molecule has 0 heterocycles. The summed E-state index contributed by atoms with van der Waals surface area (Å²) in [6, 6.07) is 5.56. The van der Waals surface area contributed by atoms with Crippen molar-refractivity contribution in [2.75, 3.05) is 6.54 Å². The number of carbonyl (C=O) groups is 1. The summed E-state index contributed by atoms with van der Waals surface area (Å²) in [4.78, 5) is 22.0. The van der Waals surface area contributed by atoms with Crippen LogP contribution in [0, 0.1) is 16.0 Å². The van der Waals surface area contributed by atoms with Gasteiger partial charge in [0.2, 0.25) is 0 Å². The molecule has 1 unspecified atom stereocenters. The SMILES string of the molecule is O=C(NO)C(Cc1ccc([N+](=O)[O-])cc1)NCC1CCCCC1. The molecule has 1 aromatic carbocycles. The fraction of sp³-hybridized carbons (Fsp3) is 0.562. The van der Waals surface area contributed by atoms with E-state index in [2.05, 4.69) is 5.32 Å². The summed E-state index contributed by atoms with van der Waals surface area (Å²) in [5.74, 6) is 0.0776. The number of nitro groups is 1. The van der Waals surface area contributed by atoms with E-state index in [9.17, 15) is 14.9 Å². The first-order valence-electron chi connectivity index (χ1n) is 8.01. The summed E-state index contributed by atoms with van der Waals surface area (Å²) in [7, 11) is 0. The Balaban J connectivity index is 1.94. The van der Waals surface area contributed by atoms with Crippen molar-refractivity contribution in [2.24, 2.45) is 5.92 Å². The molecule has 0 aromatic heterocycles. The second kappa shape index (κ2) is 8.59. The van der Waals surface area contributed by atoms with Gasteiger partial charge in [0, 0.05) is 12.1 Å². The average molecular weight is 321 g/mol. The minimum Gasteiger partial charge on any atom is -0.305 e. The second-order valence-electron chi connectivity index (χ2n) is 6.07. The Hall–Kier alpha value is -1.99. The minimum absolute atomic E-state index is 0.0204. The van der Waals surface area contributed by atoms with Gasteiger partial charge in [-0.05, 0) is 37.3 Å². The summed E-state index contributed by atoms with van der Waals surface area (Å²) < 4.78 is 0. The molecular weight excluding hydrogens is 298 g/mol. The Kier molecular flexibility index (Phi) is 6.49. The highest BCUT2D eigenvalue weighted by Gasteiger charge is 2.21. The van der Waals surface area contributed by atoms with Crippen molar-refractivity contribution < 1.29 is 14.9 Å². The molecule has 1 aliphatic rings. The van der Waals surface area contributed by atoms with E-state index in [1.54, 1.807) is 17.6 Å². The van der Waals surface area contributed by atoms with Crippen LogP contribution in [0.2, 0.25) is 0 Å². The fourth-order valence-corrected chi connectivity index (χ4v) is 3.03. The Bertz CT molecular complexity index is 527. The molecule has 0 aliphatic heterocycles. The predicted molar refractivity (Wildman–Crippen MR) is 85.1 cm³/mol.